The van der Waals surface area contributed by atoms with Crippen LogP contribution in [0.1, 0.15) is 12.0 Å². The zero-order valence-electron chi connectivity index (χ0n) is 16.7. The van der Waals surface area contributed by atoms with E-state index in [4.69, 9.17) is 42.1 Å². The van der Waals surface area contributed by atoms with Crippen molar-refractivity contribution >= 4 is 45.9 Å². The van der Waals surface area contributed by atoms with Crippen LogP contribution in [0.15, 0.2) is 39.7 Å². The van der Waals surface area contributed by atoms with Crippen LogP contribution in [0.3, 0.4) is 0 Å². The van der Waals surface area contributed by atoms with Gasteiger partial charge in [-0.3, -0.25) is 18.7 Å². The summed E-state index contributed by atoms with van der Waals surface area (Å²) in [7, 11) is -3.56. The second kappa shape index (κ2) is 13.2. The van der Waals surface area contributed by atoms with Gasteiger partial charge in [-0.05, 0) is 5.56 Å². The lowest BCUT2D eigenvalue weighted by molar-refractivity contribution is -0.146. The van der Waals surface area contributed by atoms with Crippen molar-refractivity contribution in [1.82, 2.24) is 4.31 Å². The largest absolute Gasteiger partial charge is 0.461 e. The molecule has 1 amide bonds. The smallest absolute Gasteiger partial charge is 0.308 e. The van der Waals surface area contributed by atoms with Crippen LogP contribution in [-0.2, 0) is 35.1 Å². The van der Waals surface area contributed by atoms with E-state index in [1.807, 2.05) is 30.3 Å². The van der Waals surface area contributed by atoms with Crippen LogP contribution in [0.4, 0.5) is 0 Å². The molecule has 1 aromatic carbocycles. The van der Waals surface area contributed by atoms with E-state index in [0.717, 1.165) is 9.87 Å². The summed E-state index contributed by atoms with van der Waals surface area (Å²) in [6.45, 7) is 1.62. The zero-order chi connectivity index (χ0) is 22.7. The molecule has 0 fully saturated rings. The molecule has 1 heterocycles. The van der Waals surface area contributed by atoms with Gasteiger partial charge in [0.2, 0.25) is 0 Å². The second-order valence-corrected chi connectivity index (χ2v) is 9.11. The Kier molecular flexibility index (Phi) is 11.1. The van der Waals surface area contributed by atoms with Crippen LogP contribution < -0.4 is 0 Å². The Hall–Kier alpha value is -1.37. The van der Waals surface area contributed by atoms with Gasteiger partial charge in [0.1, 0.15) is 11.6 Å². The molecule has 31 heavy (non-hydrogen) atoms. The van der Waals surface area contributed by atoms with Crippen LogP contribution in [0.2, 0.25) is 0 Å². The van der Waals surface area contributed by atoms with Crippen LogP contribution in [-0.4, -0.2) is 71.5 Å². The molecule has 0 aliphatic carbocycles. The minimum Gasteiger partial charge on any atom is -0.461 e. The van der Waals surface area contributed by atoms with Gasteiger partial charge in [0.25, 0.3) is 5.91 Å². The molecule has 0 saturated heterocycles. The van der Waals surface area contributed by atoms with E-state index < -0.39 is 26.1 Å². The first-order valence-electron chi connectivity index (χ1n) is 9.42. The van der Waals surface area contributed by atoms with Crippen LogP contribution in [0.25, 0.3) is 0 Å². The molecule has 0 saturated carbocycles. The molecular weight excluding hydrogens is 473 g/mol. The highest BCUT2D eigenvalue weighted by molar-refractivity contribution is 8.27. The van der Waals surface area contributed by atoms with E-state index in [1.165, 1.54) is 0 Å². The molecule has 0 radical (unpaired) electrons. The Bertz CT molecular complexity index is 763. The molecule has 2 rings (SSSR count). The number of amides is 1. The summed E-state index contributed by atoms with van der Waals surface area (Å²) >= 11 is 11.3. The number of benzene rings is 1. The summed E-state index contributed by atoms with van der Waals surface area (Å²) in [4.78, 5) is 23.4. The van der Waals surface area contributed by atoms with E-state index in [9.17, 15) is 18.7 Å². The van der Waals surface area contributed by atoms with Crippen molar-refractivity contribution in [1.29, 1.82) is 0 Å². The topological polar surface area (TPSA) is 115 Å². The Balaban J connectivity index is 1.41. The molecule has 1 aromatic rings. The minimum atomic E-state index is -3.56. The number of hydrogen-bond acceptors (Lipinski definition) is 8. The molecule has 0 unspecified atom stereocenters. The quantitative estimate of drug-likeness (QED) is 0.297. The van der Waals surface area contributed by atoms with Gasteiger partial charge in [-0.25, -0.2) is 4.31 Å². The summed E-state index contributed by atoms with van der Waals surface area (Å²) in [5.74, 6) is -1.07. The van der Waals surface area contributed by atoms with Crippen molar-refractivity contribution in [2.45, 2.75) is 13.0 Å². The van der Waals surface area contributed by atoms with Gasteiger partial charge < -0.3 is 18.9 Å². The lowest BCUT2D eigenvalue weighted by Gasteiger charge is -2.36. The van der Waals surface area contributed by atoms with E-state index in [2.05, 4.69) is 0 Å². The third-order valence-corrected chi connectivity index (χ3v) is 7.03. The maximum atomic E-state index is 11.8. The SMILES string of the molecule is O=C(CCOCCOCCOCCN1C(=O)C(Cl)=C(Cl)S1(O)O)OCc1ccccc1. The summed E-state index contributed by atoms with van der Waals surface area (Å²) < 4.78 is 41.2. The van der Waals surface area contributed by atoms with Gasteiger partial charge >= 0.3 is 5.97 Å². The van der Waals surface area contributed by atoms with E-state index >= 15 is 0 Å². The standard InChI is InChI=1S/C19H25Cl2NO8S/c20-17-18(21)31(25,26)22(19(17)24)7-9-28-11-13-29-12-10-27-8-6-16(23)30-14-15-4-2-1-3-5-15/h1-5,25-26H,6-14H2. The van der Waals surface area contributed by atoms with Crippen LogP contribution in [0, 0.1) is 0 Å². The molecule has 0 spiro atoms. The average Bonchev–Trinajstić information content (AvgIpc) is 2.90. The monoisotopic (exact) mass is 497 g/mol. The Morgan fingerprint density at radius 2 is 1.52 bits per heavy atom. The summed E-state index contributed by atoms with van der Waals surface area (Å²) in [5.41, 5.74) is 0.928. The first-order chi connectivity index (χ1) is 14.8. The van der Waals surface area contributed by atoms with Gasteiger partial charge in [0.05, 0.1) is 52.6 Å². The third-order valence-electron chi connectivity index (χ3n) is 4.01. The second-order valence-electron chi connectivity index (χ2n) is 6.25. The Labute approximate surface area is 192 Å². The lowest BCUT2D eigenvalue weighted by Crippen LogP contribution is -2.32. The third kappa shape index (κ3) is 8.24. The Morgan fingerprint density at radius 3 is 2.10 bits per heavy atom. The molecule has 1 aliphatic rings. The maximum absolute atomic E-state index is 11.8. The van der Waals surface area contributed by atoms with Gasteiger partial charge in [0, 0.05) is 0 Å². The number of esters is 1. The molecule has 2 N–H and O–H groups in total. The van der Waals surface area contributed by atoms with Gasteiger partial charge in [0.15, 0.2) is 4.36 Å². The predicted octanol–water partition coefficient (Wildman–Crippen LogP) is 3.32. The van der Waals surface area contributed by atoms with Gasteiger partial charge in [-0.1, -0.05) is 64.3 Å². The van der Waals surface area contributed by atoms with Crippen molar-refractivity contribution < 1.29 is 37.6 Å². The number of halogens is 2. The van der Waals surface area contributed by atoms with Crippen molar-refractivity contribution in [2.75, 3.05) is 46.2 Å². The summed E-state index contributed by atoms with van der Waals surface area (Å²) in [6.07, 6.45) is 0.160. The normalized spacial score (nSPS) is 16.6. The molecule has 0 bridgehead atoms. The molecule has 9 nitrogen and oxygen atoms in total. The summed E-state index contributed by atoms with van der Waals surface area (Å²) in [5, 5.41) is -0.394. The molecular formula is C19H25Cl2NO8S. The highest BCUT2D eigenvalue weighted by atomic mass is 35.5. The number of carbonyl (C=O) groups excluding carboxylic acids is 2. The van der Waals surface area contributed by atoms with E-state index in [-0.39, 0.29) is 52.0 Å². The zero-order valence-corrected chi connectivity index (χ0v) is 19.0. The van der Waals surface area contributed by atoms with Crippen LogP contribution >= 0.6 is 34.0 Å². The van der Waals surface area contributed by atoms with E-state index in [1.54, 1.807) is 0 Å². The lowest BCUT2D eigenvalue weighted by atomic mass is 10.2. The van der Waals surface area contributed by atoms with Crippen molar-refractivity contribution in [2.24, 2.45) is 0 Å². The molecule has 12 heteroatoms. The van der Waals surface area contributed by atoms with Crippen molar-refractivity contribution in [3.8, 4) is 0 Å². The van der Waals surface area contributed by atoms with Crippen molar-refractivity contribution in [3.05, 3.63) is 45.3 Å². The number of ether oxygens (including phenoxy) is 4. The summed E-state index contributed by atoms with van der Waals surface area (Å²) in [6, 6.07) is 9.42. The molecule has 1 aliphatic heterocycles. The minimum absolute atomic E-state index is 0.0564. The predicted molar refractivity (Wildman–Crippen MR) is 117 cm³/mol. The van der Waals surface area contributed by atoms with E-state index in [0.29, 0.717) is 13.2 Å². The number of nitrogens with zero attached hydrogens (tertiary/aromatic N) is 1. The molecule has 0 aromatic heterocycles. The fourth-order valence-corrected chi connectivity index (χ4v) is 4.38. The first kappa shape index (κ1) is 25.9. The molecule has 174 valence electrons. The van der Waals surface area contributed by atoms with Crippen molar-refractivity contribution in [3.63, 3.8) is 0 Å². The maximum Gasteiger partial charge on any atom is 0.308 e. The van der Waals surface area contributed by atoms with Gasteiger partial charge in [-0.2, -0.15) is 0 Å². The highest BCUT2D eigenvalue weighted by Crippen LogP contribution is 2.59. The van der Waals surface area contributed by atoms with Gasteiger partial charge in [-0.15, -0.1) is 0 Å². The number of carbonyl (C=O) groups is 2. The number of hydrogen-bond donors (Lipinski definition) is 2. The first-order valence-corrected chi connectivity index (χ1v) is 11.7. The fraction of sp³-hybridized carbons (Fsp3) is 0.474. The fourth-order valence-electron chi connectivity index (χ4n) is 2.41. The van der Waals surface area contributed by atoms with Crippen LogP contribution in [0.5, 0.6) is 0 Å². The number of rotatable bonds is 14. The Morgan fingerprint density at radius 1 is 0.935 bits per heavy atom. The average molecular weight is 498 g/mol. The molecule has 0 atom stereocenters. The highest BCUT2D eigenvalue weighted by Gasteiger charge is 2.42.